The van der Waals surface area contributed by atoms with Crippen LogP contribution in [0.15, 0.2) is 6.33 Å². The van der Waals surface area contributed by atoms with Crippen molar-refractivity contribution in [1.29, 1.82) is 0 Å². The molecule has 0 saturated heterocycles. The predicted octanol–water partition coefficient (Wildman–Crippen LogP) is -1.73. The SMILES string of the molecule is Nc1nc(N)c2ncn([C@@H]3C[C@H](CO)[C@H](O)[C@H]3O)c2n1. The minimum atomic E-state index is -1.01. The van der Waals surface area contributed by atoms with Gasteiger partial charge in [-0.2, -0.15) is 9.97 Å². The van der Waals surface area contributed by atoms with Crippen molar-refractivity contribution in [2.24, 2.45) is 5.92 Å². The quantitative estimate of drug-likeness (QED) is 0.434. The van der Waals surface area contributed by atoms with Crippen molar-refractivity contribution in [2.75, 3.05) is 18.1 Å². The lowest BCUT2D eigenvalue weighted by Gasteiger charge is -2.18. The van der Waals surface area contributed by atoms with E-state index in [1.54, 1.807) is 4.57 Å². The first-order valence-electron chi connectivity index (χ1n) is 6.25. The fraction of sp³-hybridized carbons (Fsp3) is 0.545. The summed E-state index contributed by atoms with van der Waals surface area (Å²) in [6, 6.07) is -0.444. The average molecular weight is 280 g/mol. The molecule has 2 aromatic rings. The van der Waals surface area contributed by atoms with E-state index in [4.69, 9.17) is 11.5 Å². The molecule has 3 rings (SSSR count). The summed E-state index contributed by atoms with van der Waals surface area (Å²) >= 11 is 0. The molecule has 1 saturated carbocycles. The second-order valence-corrected chi connectivity index (χ2v) is 5.02. The molecule has 4 atom stereocenters. The molecule has 1 aliphatic rings. The summed E-state index contributed by atoms with van der Waals surface area (Å²) in [6.45, 7) is -0.194. The van der Waals surface area contributed by atoms with Gasteiger partial charge in [0.15, 0.2) is 11.5 Å². The van der Waals surface area contributed by atoms with Crippen molar-refractivity contribution in [3.8, 4) is 0 Å². The molecule has 1 aliphatic carbocycles. The molecule has 2 heterocycles. The number of nitrogens with two attached hydrogens (primary N) is 2. The molecule has 0 amide bonds. The molecule has 9 heteroatoms. The molecule has 0 spiro atoms. The zero-order valence-electron chi connectivity index (χ0n) is 10.6. The van der Waals surface area contributed by atoms with E-state index in [2.05, 4.69) is 15.0 Å². The number of hydrogen-bond acceptors (Lipinski definition) is 8. The highest BCUT2D eigenvalue weighted by Gasteiger charge is 2.42. The molecule has 0 aliphatic heterocycles. The first-order valence-corrected chi connectivity index (χ1v) is 6.25. The van der Waals surface area contributed by atoms with Gasteiger partial charge in [0.25, 0.3) is 0 Å². The minimum Gasteiger partial charge on any atom is -0.396 e. The van der Waals surface area contributed by atoms with Gasteiger partial charge in [-0.25, -0.2) is 4.98 Å². The Bertz CT molecular complexity index is 644. The smallest absolute Gasteiger partial charge is 0.224 e. The summed E-state index contributed by atoms with van der Waals surface area (Å²) < 4.78 is 1.62. The fourth-order valence-corrected chi connectivity index (χ4v) is 2.75. The lowest BCUT2D eigenvalue weighted by atomic mass is 10.1. The number of nitrogens with zero attached hydrogens (tertiary/aromatic N) is 4. The van der Waals surface area contributed by atoms with Crippen molar-refractivity contribution in [2.45, 2.75) is 24.7 Å². The molecule has 9 nitrogen and oxygen atoms in total. The Labute approximate surface area is 113 Å². The summed E-state index contributed by atoms with van der Waals surface area (Å²) in [5, 5.41) is 29.2. The van der Waals surface area contributed by atoms with Crippen molar-refractivity contribution in [3.05, 3.63) is 6.33 Å². The van der Waals surface area contributed by atoms with Crippen LogP contribution in [0.25, 0.3) is 11.2 Å². The average Bonchev–Trinajstić information content (AvgIpc) is 2.93. The molecule has 2 aromatic heterocycles. The fourth-order valence-electron chi connectivity index (χ4n) is 2.75. The van der Waals surface area contributed by atoms with Crippen LogP contribution in [0.2, 0.25) is 0 Å². The molecule has 0 aromatic carbocycles. The molecule has 0 bridgehead atoms. The monoisotopic (exact) mass is 280 g/mol. The Morgan fingerprint density at radius 2 is 2.00 bits per heavy atom. The largest absolute Gasteiger partial charge is 0.396 e. The topological polar surface area (TPSA) is 156 Å². The summed E-state index contributed by atoms with van der Waals surface area (Å²) in [7, 11) is 0. The molecule has 0 unspecified atom stereocenters. The number of anilines is 2. The molecule has 0 radical (unpaired) electrons. The number of aromatic nitrogens is 4. The van der Waals surface area contributed by atoms with Gasteiger partial charge >= 0.3 is 0 Å². The summed E-state index contributed by atoms with van der Waals surface area (Å²) in [4.78, 5) is 12.0. The Kier molecular flexibility index (Phi) is 2.96. The molecule has 20 heavy (non-hydrogen) atoms. The number of aliphatic hydroxyl groups excluding tert-OH is 3. The highest BCUT2D eigenvalue weighted by Crippen LogP contribution is 2.36. The van der Waals surface area contributed by atoms with E-state index in [1.807, 2.05) is 0 Å². The normalized spacial score (nSPS) is 30.1. The van der Waals surface area contributed by atoms with E-state index in [0.717, 1.165) is 0 Å². The lowest BCUT2D eigenvalue weighted by Crippen LogP contribution is -2.30. The number of aliphatic hydroxyl groups is 3. The van der Waals surface area contributed by atoms with E-state index in [-0.39, 0.29) is 24.3 Å². The van der Waals surface area contributed by atoms with Gasteiger partial charge in [-0.05, 0) is 6.42 Å². The van der Waals surface area contributed by atoms with Crippen LogP contribution in [-0.4, -0.2) is 53.7 Å². The van der Waals surface area contributed by atoms with Crippen LogP contribution in [0.4, 0.5) is 11.8 Å². The van der Waals surface area contributed by atoms with Gasteiger partial charge in [0.1, 0.15) is 11.6 Å². The number of rotatable bonds is 2. The molecular formula is C11H16N6O3. The van der Waals surface area contributed by atoms with Gasteiger partial charge in [-0.15, -0.1) is 0 Å². The van der Waals surface area contributed by atoms with Crippen molar-refractivity contribution < 1.29 is 15.3 Å². The first-order chi connectivity index (χ1) is 9.52. The minimum absolute atomic E-state index is 0.0171. The zero-order valence-corrected chi connectivity index (χ0v) is 10.6. The lowest BCUT2D eigenvalue weighted by molar-refractivity contribution is -0.00370. The van der Waals surface area contributed by atoms with Gasteiger partial charge in [-0.1, -0.05) is 0 Å². The third-order valence-corrected chi connectivity index (χ3v) is 3.83. The Morgan fingerprint density at radius 3 is 2.65 bits per heavy atom. The van der Waals surface area contributed by atoms with E-state index in [1.165, 1.54) is 6.33 Å². The number of hydrogen-bond donors (Lipinski definition) is 5. The number of imidazole rings is 1. The highest BCUT2D eigenvalue weighted by atomic mass is 16.3. The molecule has 1 fully saturated rings. The van der Waals surface area contributed by atoms with Crippen LogP contribution in [-0.2, 0) is 0 Å². The third-order valence-electron chi connectivity index (χ3n) is 3.83. The van der Waals surface area contributed by atoms with Gasteiger partial charge in [0.05, 0.1) is 18.5 Å². The maximum atomic E-state index is 10.1. The number of nitrogen functional groups attached to an aromatic ring is 2. The van der Waals surface area contributed by atoms with E-state index >= 15 is 0 Å². The number of fused-ring (bicyclic) bond motifs is 1. The van der Waals surface area contributed by atoms with E-state index in [9.17, 15) is 15.3 Å². The summed E-state index contributed by atoms with van der Waals surface area (Å²) in [6.07, 6.45) is -0.107. The highest BCUT2D eigenvalue weighted by molar-refractivity contribution is 5.82. The van der Waals surface area contributed by atoms with Crippen LogP contribution in [0.3, 0.4) is 0 Å². The third kappa shape index (κ3) is 1.79. The Hall–Kier alpha value is -1.97. The maximum absolute atomic E-state index is 10.1. The van der Waals surface area contributed by atoms with Crippen LogP contribution in [0.1, 0.15) is 12.5 Å². The van der Waals surface area contributed by atoms with E-state index < -0.39 is 18.2 Å². The van der Waals surface area contributed by atoms with Crippen LogP contribution >= 0.6 is 0 Å². The maximum Gasteiger partial charge on any atom is 0.224 e. The molecular weight excluding hydrogens is 264 g/mol. The zero-order chi connectivity index (χ0) is 14.4. The van der Waals surface area contributed by atoms with Crippen molar-refractivity contribution in [1.82, 2.24) is 19.5 Å². The molecule has 7 N–H and O–H groups in total. The molecule has 108 valence electrons. The predicted molar refractivity (Wildman–Crippen MR) is 70.4 cm³/mol. The van der Waals surface area contributed by atoms with Crippen LogP contribution < -0.4 is 11.5 Å². The van der Waals surface area contributed by atoms with Crippen LogP contribution in [0, 0.1) is 5.92 Å². The van der Waals surface area contributed by atoms with Gasteiger partial charge in [-0.3, -0.25) is 0 Å². The van der Waals surface area contributed by atoms with Crippen LogP contribution in [0.5, 0.6) is 0 Å². The first kappa shape index (κ1) is 13.0. The Balaban J connectivity index is 2.07. The second-order valence-electron chi connectivity index (χ2n) is 5.02. The summed E-state index contributed by atoms with van der Waals surface area (Å²) in [5.41, 5.74) is 12.1. The van der Waals surface area contributed by atoms with Crippen molar-refractivity contribution >= 4 is 22.9 Å². The Morgan fingerprint density at radius 1 is 1.25 bits per heavy atom. The van der Waals surface area contributed by atoms with Crippen molar-refractivity contribution in [3.63, 3.8) is 0 Å². The van der Waals surface area contributed by atoms with Gasteiger partial charge in [0, 0.05) is 12.5 Å². The van der Waals surface area contributed by atoms with Gasteiger partial charge in [0.2, 0.25) is 5.95 Å². The second kappa shape index (κ2) is 4.54. The van der Waals surface area contributed by atoms with Gasteiger partial charge < -0.3 is 31.4 Å². The van der Waals surface area contributed by atoms with E-state index in [0.29, 0.717) is 17.6 Å². The standard InChI is InChI=1S/C11H16N6O3/c12-9-6-10(16-11(13)15-9)17(3-14-6)5-1-4(2-18)7(19)8(5)20/h3-5,7-8,18-20H,1-2H2,(H4,12,13,15,16)/t4-,5-,7+,8+/m1/s1. The summed E-state index contributed by atoms with van der Waals surface area (Å²) in [5.74, 6) is -0.203.